The summed E-state index contributed by atoms with van der Waals surface area (Å²) in [5.74, 6) is -0.0181. The first-order valence-corrected chi connectivity index (χ1v) is 10.6. The molecule has 0 aliphatic carbocycles. The van der Waals surface area contributed by atoms with Gasteiger partial charge in [-0.1, -0.05) is 43.7 Å². The lowest BCUT2D eigenvalue weighted by Gasteiger charge is -2.20. The minimum Gasteiger partial charge on any atom is -0.339 e. The number of hydrogen-bond acceptors (Lipinski definition) is 3. The average Bonchev–Trinajstić information content (AvgIpc) is 2.74. The lowest BCUT2D eigenvalue weighted by Crippen LogP contribution is -2.31. The number of benzene rings is 2. The fraction of sp³-hybridized carbons (Fsp3) is 0.348. The number of H-pyrrole nitrogens is 1. The van der Waals surface area contributed by atoms with Crippen LogP contribution in [0.3, 0.4) is 0 Å². The van der Waals surface area contributed by atoms with E-state index >= 15 is 0 Å². The molecule has 0 aliphatic rings. The van der Waals surface area contributed by atoms with Crippen LogP contribution in [0.2, 0.25) is 0 Å². The summed E-state index contributed by atoms with van der Waals surface area (Å²) in [6.45, 7) is 6.00. The van der Waals surface area contributed by atoms with Crippen LogP contribution in [0.5, 0.6) is 0 Å². The van der Waals surface area contributed by atoms with Crippen LogP contribution in [0.15, 0.2) is 53.3 Å². The number of aromatic nitrogens is 2. The molecular formula is C23H27N3O2S. The molecule has 152 valence electrons. The van der Waals surface area contributed by atoms with Crippen molar-refractivity contribution in [2.24, 2.45) is 0 Å². The molecule has 0 saturated heterocycles. The molecule has 0 unspecified atom stereocenters. The second-order valence-corrected chi connectivity index (χ2v) is 7.51. The maximum absolute atomic E-state index is 13.0. The minimum atomic E-state index is -0.128. The summed E-state index contributed by atoms with van der Waals surface area (Å²) in [7, 11) is 0. The van der Waals surface area contributed by atoms with Crippen molar-refractivity contribution in [3.05, 3.63) is 74.8 Å². The monoisotopic (exact) mass is 409 g/mol. The third-order valence-corrected chi connectivity index (χ3v) is 5.47. The normalized spacial score (nSPS) is 11.0. The van der Waals surface area contributed by atoms with Crippen molar-refractivity contribution in [2.45, 2.75) is 39.7 Å². The number of nitrogens with zero attached hydrogens (tertiary/aromatic N) is 2. The quantitative estimate of drug-likeness (QED) is 0.555. The van der Waals surface area contributed by atoms with Crippen LogP contribution < -0.4 is 5.56 Å². The van der Waals surface area contributed by atoms with Gasteiger partial charge in [-0.15, -0.1) is 0 Å². The Hall–Kier alpha value is -2.73. The predicted octanol–water partition coefficient (Wildman–Crippen LogP) is 4.56. The Morgan fingerprint density at radius 2 is 1.90 bits per heavy atom. The van der Waals surface area contributed by atoms with Gasteiger partial charge >= 0.3 is 0 Å². The molecule has 0 radical (unpaired) electrons. The Morgan fingerprint density at radius 1 is 1.14 bits per heavy atom. The van der Waals surface area contributed by atoms with Crippen LogP contribution in [0, 0.1) is 4.77 Å². The highest BCUT2D eigenvalue weighted by molar-refractivity contribution is 7.71. The number of nitrogens with one attached hydrogen (secondary N) is 1. The molecule has 0 saturated carbocycles. The Labute approximate surface area is 176 Å². The van der Waals surface area contributed by atoms with Gasteiger partial charge < -0.3 is 9.88 Å². The average molecular weight is 410 g/mol. The number of aryl methyl sites for hydroxylation is 1. The zero-order chi connectivity index (χ0) is 20.8. The standard InChI is InChI=1S/C23H27N3O2S/c1-3-5-14-25(4-2)21(27)18-11-12-19-20(16-18)24-23(29)26(22(19)28)15-13-17-9-7-6-8-10-17/h6-12,16H,3-5,13-15H2,1-2H3,(H,24,29). The van der Waals surface area contributed by atoms with Gasteiger partial charge in [0.2, 0.25) is 0 Å². The van der Waals surface area contributed by atoms with E-state index in [9.17, 15) is 9.59 Å². The Kier molecular flexibility index (Phi) is 6.99. The summed E-state index contributed by atoms with van der Waals surface area (Å²) in [4.78, 5) is 30.8. The minimum absolute atomic E-state index is 0.0181. The van der Waals surface area contributed by atoms with E-state index in [0.29, 0.717) is 34.3 Å². The summed E-state index contributed by atoms with van der Waals surface area (Å²) >= 11 is 5.44. The lowest BCUT2D eigenvalue weighted by atomic mass is 10.1. The maximum atomic E-state index is 13.0. The summed E-state index contributed by atoms with van der Waals surface area (Å²) in [6.07, 6.45) is 2.74. The van der Waals surface area contributed by atoms with Gasteiger partial charge in [-0.2, -0.15) is 0 Å². The van der Waals surface area contributed by atoms with Crippen molar-refractivity contribution in [1.29, 1.82) is 0 Å². The Balaban J connectivity index is 1.90. The number of unbranched alkanes of at least 4 members (excludes halogenated alkanes) is 1. The highest BCUT2D eigenvalue weighted by Crippen LogP contribution is 2.14. The van der Waals surface area contributed by atoms with Crippen molar-refractivity contribution in [3.63, 3.8) is 0 Å². The van der Waals surface area contributed by atoms with E-state index in [2.05, 4.69) is 11.9 Å². The van der Waals surface area contributed by atoms with Gasteiger partial charge in [0.1, 0.15) is 0 Å². The largest absolute Gasteiger partial charge is 0.339 e. The number of hydrogen-bond donors (Lipinski definition) is 1. The van der Waals surface area contributed by atoms with Crippen molar-refractivity contribution in [2.75, 3.05) is 13.1 Å². The van der Waals surface area contributed by atoms with E-state index in [1.165, 1.54) is 0 Å². The molecular weight excluding hydrogens is 382 g/mol. The molecule has 3 rings (SSSR count). The van der Waals surface area contributed by atoms with Gasteiger partial charge in [-0.3, -0.25) is 14.2 Å². The van der Waals surface area contributed by atoms with Crippen LogP contribution >= 0.6 is 12.2 Å². The second-order valence-electron chi connectivity index (χ2n) is 7.12. The Bertz CT molecular complexity index is 1100. The van der Waals surface area contributed by atoms with Crippen LogP contribution in [-0.2, 0) is 13.0 Å². The molecule has 0 atom stereocenters. The summed E-state index contributed by atoms with van der Waals surface area (Å²) < 4.78 is 1.97. The summed E-state index contributed by atoms with van der Waals surface area (Å²) in [6, 6.07) is 15.2. The first kappa shape index (κ1) is 21.0. The highest BCUT2D eigenvalue weighted by Gasteiger charge is 2.15. The molecule has 29 heavy (non-hydrogen) atoms. The van der Waals surface area contributed by atoms with Gasteiger partial charge in [0.25, 0.3) is 11.5 Å². The lowest BCUT2D eigenvalue weighted by molar-refractivity contribution is 0.0762. The van der Waals surface area contributed by atoms with E-state index in [1.54, 1.807) is 22.8 Å². The van der Waals surface area contributed by atoms with E-state index in [1.807, 2.05) is 42.2 Å². The second kappa shape index (κ2) is 9.65. The van der Waals surface area contributed by atoms with Crippen LogP contribution in [0.4, 0.5) is 0 Å². The molecule has 1 N–H and O–H groups in total. The highest BCUT2D eigenvalue weighted by atomic mass is 32.1. The van der Waals surface area contributed by atoms with E-state index in [0.717, 1.165) is 31.4 Å². The van der Waals surface area contributed by atoms with E-state index < -0.39 is 0 Å². The van der Waals surface area contributed by atoms with E-state index in [4.69, 9.17) is 12.2 Å². The topological polar surface area (TPSA) is 58.1 Å². The van der Waals surface area contributed by atoms with Crippen molar-refractivity contribution < 1.29 is 4.79 Å². The zero-order valence-corrected chi connectivity index (χ0v) is 17.8. The smallest absolute Gasteiger partial charge is 0.262 e. The van der Waals surface area contributed by atoms with Gasteiger partial charge in [0.15, 0.2) is 4.77 Å². The Morgan fingerprint density at radius 3 is 2.59 bits per heavy atom. The van der Waals surface area contributed by atoms with Gasteiger partial charge in [-0.25, -0.2) is 0 Å². The van der Waals surface area contributed by atoms with Gasteiger partial charge in [-0.05, 0) is 55.7 Å². The number of fused-ring (bicyclic) bond motifs is 1. The third-order valence-electron chi connectivity index (χ3n) is 5.15. The number of amides is 1. The van der Waals surface area contributed by atoms with E-state index in [-0.39, 0.29) is 11.5 Å². The fourth-order valence-electron chi connectivity index (χ4n) is 3.41. The predicted molar refractivity (Wildman–Crippen MR) is 120 cm³/mol. The molecule has 1 amide bonds. The van der Waals surface area contributed by atoms with Gasteiger partial charge in [0, 0.05) is 25.2 Å². The SMILES string of the molecule is CCCCN(CC)C(=O)c1ccc2c(=O)n(CCc3ccccc3)c(=S)[nH]c2c1. The molecule has 0 spiro atoms. The summed E-state index contributed by atoms with van der Waals surface area (Å²) in [5.41, 5.74) is 2.20. The molecule has 3 aromatic rings. The molecule has 0 aliphatic heterocycles. The number of carbonyl (C=O) groups excluding carboxylic acids is 1. The molecule has 1 aromatic heterocycles. The van der Waals surface area contributed by atoms with Crippen molar-refractivity contribution in [3.8, 4) is 0 Å². The van der Waals surface area contributed by atoms with Crippen molar-refractivity contribution >= 4 is 29.0 Å². The van der Waals surface area contributed by atoms with Crippen LogP contribution in [0.1, 0.15) is 42.6 Å². The molecule has 5 nitrogen and oxygen atoms in total. The summed E-state index contributed by atoms with van der Waals surface area (Å²) in [5, 5.41) is 0.541. The molecule has 6 heteroatoms. The third kappa shape index (κ3) is 4.82. The number of rotatable bonds is 8. The van der Waals surface area contributed by atoms with Crippen molar-refractivity contribution in [1.82, 2.24) is 14.5 Å². The number of carbonyl (C=O) groups is 1. The zero-order valence-electron chi connectivity index (χ0n) is 17.0. The molecule has 0 bridgehead atoms. The molecule has 1 heterocycles. The number of aromatic amines is 1. The molecule has 0 fully saturated rings. The molecule has 2 aromatic carbocycles. The van der Waals surface area contributed by atoms with Crippen LogP contribution in [-0.4, -0.2) is 33.4 Å². The first-order chi connectivity index (χ1) is 14.0. The maximum Gasteiger partial charge on any atom is 0.262 e. The van der Waals surface area contributed by atoms with Crippen LogP contribution in [0.25, 0.3) is 10.9 Å². The van der Waals surface area contributed by atoms with Gasteiger partial charge in [0.05, 0.1) is 10.9 Å². The fourth-order valence-corrected chi connectivity index (χ4v) is 3.70. The first-order valence-electron chi connectivity index (χ1n) is 10.1.